The number of hydrogen-bond acceptors (Lipinski definition) is 4. The smallest absolute Gasteiger partial charge is 0.318 e. The van der Waals surface area contributed by atoms with E-state index < -0.39 is 5.41 Å². The largest absolute Gasteiger partial charge is 0.494 e. The zero-order valence-electron chi connectivity index (χ0n) is 17.0. The first-order chi connectivity index (χ1) is 15.0. The molecular formula is C25H22ClFO4. The Hall–Kier alpha value is -3.05. The predicted molar refractivity (Wildman–Crippen MR) is 116 cm³/mol. The van der Waals surface area contributed by atoms with Crippen LogP contribution < -0.4 is 9.47 Å². The second-order valence-electron chi connectivity index (χ2n) is 7.38. The van der Waals surface area contributed by atoms with E-state index in [9.17, 15) is 9.18 Å². The van der Waals surface area contributed by atoms with Gasteiger partial charge in [0.25, 0.3) is 0 Å². The van der Waals surface area contributed by atoms with Crippen LogP contribution in [0.1, 0.15) is 24.5 Å². The van der Waals surface area contributed by atoms with Crippen LogP contribution in [0.5, 0.6) is 17.2 Å². The van der Waals surface area contributed by atoms with Crippen LogP contribution in [0.3, 0.4) is 0 Å². The van der Waals surface area contributed by atoms with Crippen molar-refractivity contribution >= 4 is 17.6 Å². The van der Waals surface area contributed by atoms with E-state index in [2.05, 4.69) is 0 Å². The standard InChI is InChI=1S/C25H22ClFO4/c1-2-29-20-10-6-18(7-11-20)25(15-23(25)26)24(28)30-16-17-4-3-5-22(14-17)31-21-12-8-19(27)9-13-21/h3-14,23H,2,15-16H2,1H3/t23-,25+/m1/s1. The highest BCUT2D eigenvalue weighted by molar-refractivity contribution is 6.27. The van der Waals surface area contributed by atoms with E-state index in [4.69, 9.17) is 25.8 Å². The Bertz CT molecular complexity index is 1050. The summed E-state index contributed by atoms with van der Waals surface area (Å²) in [4.78, 5) is 12.9. The van der Waals surface area contributed by atoms with Crippen molar-refractivity contribution in [2.45, 2.75) is 30.7 Å². The lowest BCUT2D eigenvalue weighted by Crippen LogP contribution is -2.26. The second kappa shape index (κ2) is 8.98. The highest BCUT2D eigenvalue weighted by atomic mass is 35.5. The fourth-order valence-corrected chi connectivity index (χ4v) is 3.94. The summed E-state index contributed by atoms with van der Waals surface area (Å²) in [5.74, 6) is 1.17. The quantitative estimate of drug-likeness (QED) is 0.318. The van der Waals surface area contributed by atoms with Crippen molar-refractivity contribution in [1.29, 1.82) is 0 Å². The van der Waals surface area contributed by atoms with E-state index in [1.54, 1.807) is 24.3 Å². The summed E-state index contributed by atoms with van der Waals surface area (Å²) in [6, 6.07) is 20.4. The van der Waals surface area contributed by atoms with Crippen molar-refractivity contribution in [3.8, 4) is 17.2 Å². The molecule has 0 spiro atoms. The van der Waals surface area contributed by atoms with Crippen LogP contribution in [0.4, 0.5) is 4.39 Å². The molecule has 1 aliphatic carbocycles. The Morgan fingerprint density at radius 3 is 2.35 bits per heavy atom. The highest BCUT2D eigenvalue weighted by Crippen LogP contribution is 2.53. The molecule has 0 amide bonds. The van der Waals surface area contributed by atoms with Gasteiger partial charge in [0.15, 0.2) is 0 Å². The van der Waals surface area contributed by atoms with Crippen LogP contribution in [0.15, 0.2) is 72.8 Å². The molecule has 0 aliphatic heterocycles. The number of alkyl halides is 1. The molecule has 2 atom stereocenters. The first-order valence-corrected chi connectivity index (χ1v) is 10.5. The van der Waals surface area contributed by atoms with E-state index in [0.717, 1.165) is 16.9 Å². The van der Waals surface area contributed by atoms with Crippen LogP contribution in [0, 0.1) is 5.82 Å². The molecule has 0 saturated heterocycles. The molecule has 4 nitrogen and oxygen atoms in total. The number of benzene rings is 3. The molecule has 1 fully saturated rings. The Morgan fingerprint density at radius 2 is 1.71 bits per heavy atom. The number of halogens is 2. The fourth-order valence-electron chi connectivity index (χ4n) is 3.48. The molecule has 3 aromatic rings. The third kappa shape index (κ3) is 4.67. The van der Waals surface area contributed by atoms with Crippen molar-refractivity contribution in [3.05, 3.63) is 89.7 Å². The molecule has 0 radical (unpaired) electrons. The van der Waals surface area contributed by atoms with Gasteiger partial charge in [0, 0.05) is 0 Å². The zero-order valence-corrected chi connectivity index (χ0v) is 17.8. The van der Waals surface area contributed by atoms with Crippen molar-refractivity contribution in [2.24, 2.45) is 0 Å². The van der Waals surface area contributed by atoms with Crippen LogP contribution in [0.2, 0.25) is 0 Å². The minimum atomic E-state index is -0.825. The molecule has 1 aliphatic rings. The first kappa shape index (κ1) is 21.2. The topological polar surface area (TPSA) is 44.8 Å². The van der Waals surface area contributed by atoms with Gasteiger partial charge in [-0.05, 0) is 73.0 Å². The summed E-state index contributed by atoms with van der Waals surface area (Å²) >= 11 is 6.37. The summed E-state index contributed by atoms with van der Waals surface area (Å²) in [6.07, 6.45) is 0.537. The van der Waals surface area contributed by atoms with Crippen LogP contribution in [0.25, 0.3) is 0 Å². The van der Waals surface area contributed by atoms with E-state index in [0.29, 0.717) is 24.5 Å². The van der Waals surface area contributed by atoms with Gasteiger partial charge in [0.2, 0.25) is 0 Å². The minimum Gasteiger partial charge on any atom is -0.494 e. The molecule has 1 saturated carbocycles. The van der Waals surface area contributed by atoms with Gasteiger partial charge < -0.3 is 14.2 Å². The lowest BCUT2D eigenvalue weighted by molar-refractivity contribution is -0.148. The fraction of sp³-hybridized carbons (Fsp3) is 0.240. The van der Waals surface area contributed by atoms with E-state index in [-0.39, 0.29) is 23.8 Å². The van der Waals surface area contributed by atoms with E-state index >= 15 is 0 Å². The zero-order chi connectivity index (χ0) is 21.8. The number of rotatable bonds is 8. The Balaban J connectivity index is 1.41. The Kier molecular flexibility index (Phi) is 6.14. The maximum atomic E-state index is 13.1. The van der Waals surface area contributed by atoms with Gasteiger partial charge in [-0.2, -0.15) is 0 Å². The van der Waals surface area contributed by atoms with Gasteiger partial charge in [-0.25, -0.2) is 4.39 Å². The molecule has 0 heterocycles. The minimum absolute atomic E-state index is 0.0990. The molecule has 3 aromatic carbocycles. The number of carbonyl (C=O) groups excluding carboxylic acids is 1. The maximum Gasteiger partial charge on any atom is 0.318 e. The Labute approximate surface area is 185 Å². The third-order valence-electron chi connectivity index (χ3n) is 5.24. The van der Waals surface area contributed by atoms with Crippen molar-refractivity contribution in [3.63, 3.8) is 0 Å². The maximum absolute atomic E-state index is 13.1. The van der Waals surface area contributed by atoms with Crippen molar-refractivity contribution in [2.75, 3.05) is 6.61 Å². The van der Waals surface area contributed by atoms with Gasteiger partial charge in [-0.1, -0.05) is 24.3 Å². The normalized spacial score (nSPS) is 19.5. The van der Waals surface area contributed by atoms with Crippen LogP contribution >= 0.6 is 11.6 Å². The molecule has 160 valence electrons. The van der Waals surface area contributed by atoms with E-state index in [1.165, 1.54) is 12.1 Å². The molecule has 31 heavy (non-hydrogen) atoms. The number of hydrogen-bond donors (Lipinski definition) is 0. The lowest BCUT2D eigenvalue weighted by atomic mass is 9.96. The van der Waals surface area contributed by atoms with Crippen molar-refractivity contribution < 1.29 is 23.4 Å². The summed E-state index contributed by atoms with van der Waals surface area (Å²) in [7, 11) is 0. The molecule has 0 N–H and O–H groups in total. The first-order valence-electron chi connectivity index (χ1n) is 10.1. The predicted octanol–water partition coefficient (Wildman–Crippen LogP) is 6.01. The third-order valence-corrected chi connectivity index (χ3v) is 5.77. The molecular weight excluding hydrogens is 419 g/mol. The van der Waals surface area contributed by atoms with E-state index in [1.807, 2.05) is 43.3 Å². The average molecular weight is 441 g/mol. The molecule has 6 heteroatoms. The van der Waals surface area contributed by atoms with Gasteiger partial charge in [-0.3, -0.25) is 4.79 Å². The van der Waals surface area contributed by atoms with Crippen molar-refractivity contribution in [1.82, 2.24) is 0 Å². The summed E-state index contributed by atoms with van der Waals surface area (Å²) < 4.78 is 29.9. The number of ether oxygens (including phenoxy) is 3. The van der Waals surface area contributed by atoms with Crippen LogP contribution in [-0.4, -0.2) is 18.0 Å². The summed E-state index contributed by atoms with van der Waals surface area (Å²) in [6.45, 7) is 2.60. The number of carbonyl (C=O) groups is 1. The average Bonchev–Trinajstić information content (AvgIpc) is 3.47. The molecule has 0 unspecified atom stereocenters. The van der Waals surface area contributed by atoms with Gasteiger partial charge in [-0.15, -0.1) is 11.6 Å². The monoisotopic (exact) mass is 440 g/mol. The Morgan fingerprint density at radius 1 is 1.03 bits per heavy atom. The van der Waals surface area contributed by atoms with Gasteiger partial charge in [0.05, 0.1) is 12.0 Å². The highest BCUT2D eigenvalue weighted by Gasteiger charge is 2.62. The molecule has 0 aromatic heterocycles. The van der Waals surface area contributed by atoms with Crippen LogP contribution in [-0.2, 0) is 21.6 Å². The summed E-state index contributed by atoms with van der Waals surface area (Å²) in [5, 5.41) is -0.300. The second-order valence-corrected chi connectivity index (χ2v) is 7.91. The summed E-state index contributed by atoms with van der Waals surface area (Å²) in [5.41, 5.74) is 0.782. The SMILES string of the molecule is CCOc1ccc([C@@]2(C(=O)OCc3cccc(Oc4ccc(F)cc4)c3)C[C@H]2Cl)cc1. The molecule has 4 rings (SSSR count). The van der Waals surface area contributed by atoms with Gasteiger partial charge in [0.1, 0.15) is 35.1 Å². The molecule has 0 bridgehead atoms. The number of esters is 1. The lowest BCUT2D eigenvalue weighted by Gasteiger charge is -2.16. The van der Waals surface area contributed by atoms with Gasteiger partial charge >= 0.3 is 5.97 Å².